The van der Waals surface area contributed by atoms with Crippen LogP contribution in [0.4, 0.5) is 0 Å². The Bertz CT molecular complexity index is 1180. The van der Waals surface area contributed by atoms with Gasteiger partial charge in [0.05, 0.1) is 40.3 Å². The molecule has 0 spiro atoms. The number of esters is 2. The highest BCUT2D eigenvalue weighted by atomic mass is 16.7. The van der Waals surface area contributed by atoms with Crippen molar-refractivity contribution in [1.82, 2.24) is 0 Å². The van der Waals surface area contributed by atoms with Gasteiger partial charge in [-0.15, -0.1) is 0 Å². The normalized spacial score (nSPS) is 12.9. The molecule has 9 nitrogen and oxygen atoms in total. The van der Waals surface area contributed by atoms with E-state index in [9.17, 15) is 19.5 Å². The summed E-state index contributed by atoms with van der Waals surface area (Å²) in [5.74, 6) is -2.28. The van der Waals surface area contributed by atoms with E-state index < -0.39 is 24.3 Å². The van der Waals surface area contributed by atoms with Crippen molar-refractivity contribution in [2.75, 3.05) is 47.5 Å². The molecular weight excluding hydrogens is 863 g/mol. The van der Waals surface area contributed by atoms with Crippen molar-refractivity contribution in [3.8, 4) is 0 Å². The lowest BCUT2D eigenvalue weighted by molar-refractivity contribution is -0.870. The standard InChI is InChI=1S/C60H113NO8/c1-6-8-10-12-14-16-18-20-21-22-23-24-25-26-27-28-29-30-31-32-33-34-35-36-37-39-41-43-45-47-49-51-58(63)69-56(55-68-60(59(64)65)66-53-52-61(3,4)5)54-67-57(62)50-48-46-44-42-40-38-19-17-15-13-11-9-7-2/h17,19,22-23,56,60H,6-16,18,20-21,24-55H2,1-5H3/b19-17-,23-22-. The number of likely N-dealkylation sites (N-methyl/N-ethyl adjacent to an activating group) is 1. The third kappa shape index (κ3) is 53.4. The molecule has 406 valence electrons. The van der Waals surface area contributed by atoms with Gasteiger partial charge in [-0.05, 0) is 64.2 Å². The van der Waals surface area contributed by atoms with Crippen molar-refractivity contribution >= 4 is 17.9 Å². The van der Waals surface area contributed by atoms with Crippen LogP contribution in [-0.4, -0.2) is 82.3 Å². The first-order chi connectivity index (χ1) is 33.6. The van der Waals surface area contributed by atoms with Crippen LogP contribution in [0, 0.1) is 0 Å². The minimum atomic E-state index is -1.62. The van der Waals surface area contributed by atoms with Crippen LogP contribution >= 0.6 is 0 Å². The molecule has 0 aliphatic heterocycles. The molecule has 0 heterocycles. The van der Waals surface area contributed by atoms with Gasteiger partial charge in [-0.25, -0.2) is 0 Å². The largest absolute Gasteiger partial charge is 0.545 e. The third-order valence-electron chi connectivity index (χ3n) is 13.2. The van der Waals surface area contributed by atoms with Crippen LogP contribution in [0.2, 0.25) is 0 Å². The van der Waals surface area contributed by atoms with Gasteiger partial charge >= 0.3 is 11.9 Å². The van der Waals surface area contributed by atoms with Crippen molar-refractivity contribution in [1.29, 1.82) is 0 Å². The van der Waals surface area contributed by atoms with Gasteiger partial charge in [-0.3, -0.25) is 9.59 Å². The molecule has 0 N–H and O–H groups in total. The third-order valence-corrected chi connectivity index (χ3v) is 13.2. The van der Waals surface area contributed by atoms with E-state index in [0.29, 0.717) is 17.4 Å². The molecule has 0 radical (unpaired) electrons. The van der Waals surface area contributed by atoms with E-state index in [0.717, 1.165) is 51.4 Å². The molecule has 0 fully saturated rings. The number of hydrogen-bond donors (Lipinski definition) is 0. The highest BCUT2D eigenvalue weighted by molar-refractivity contribution is 5.70. The molecule has 0 aliphatic carbocycles. The molecule has 69 heavy (non-hydrogen) atoms. The second kappa shape index (κ2) is 52.1. The molecule has 0 saturated heterocycles. The van der Waals surface area contributed by atoms with Crippen LogP contribution in [0.3, 0.4) is 0 Å². The van der Waals surface area contributed by atoms with Crippen molar-refractivity contribution in [3.63, 3.8) is 0 Å². The van der Waals surface area contributed by atoms with Gasteiger partial charge in [0.15, 0.2) is 12.4 Å². The van der Waals surface area contributed by atoms with Crippen LogP contribution in [0.5, 0.6) is 0 Å². The first-order valence-electron chi connectivity index (χ1n) is 29.5. The second-order valence-electron chi connectivity index (χ2n) is 21.3. The summed E-state index contributed by atoms with van der Waals surface area (Å²) in [7, 11) is 5.92. The van der Waals surface area contributed by atoms with Gasteiger partial charge in [0, 0.05) is 12.8 Å². The topological polar surface area (TPSA) is 111 Å². The lowest BCUT2D eigenvalue weighted by Gasteiger charge is -2.26. The molecule has 0 aliphatic rings. The van der Waals surface area contributed by atoms with Crippen molar-refractivity contribution < 1.29 is 42.9 Å². The first kappa shape index (κ1) is 66.8. The summed E-state index contributed by atoms with van der Waals surface area (Å²) in [5, 5.41) is 11.7. The zero-order valence-corrected chi connectivity index (χ0v) is 46.2. The van der Waals surface area contributed by atoms with E-state index >= 15 is 0 Å². The Morgan fingerprint density at radius 3 is 1.09 bits per heavy atom. The fraction of sp³-hybridized carbons (Fsp3) is 0.883. The SMILES string of the molecule is CCCCCC/C=C\CCCCCCCC(=O)OCC(COC(OCC[N+](C)(C)C)C(=O)[O-])OC(=O)CCCCCCCCCCCCCCCCCCCCC/C=C\CCCCCCCCCC. The number of carbonyl (C=O) groups excluding carboxylic acids is 3. The van der Waals surface area contributed by atoms with Crippen molar-refractivity contribution in [3.05, 3.63) is 24.3 Å². The lowest BCUT2D eigenvalue weighted by Crippen LogP contribution is -2.44. The quantitative estimate of drug-likeness (QED) is 0.0195. The summed E-state index contributed by atoms with van der Waals surface area (Å²) in [6, 6.07) is 0. The van der Waals surface area contributed by atoms with E-state index in [1.54, 1.807) is 0 Å². The number of allylic oxidation sites excluding steroid dienone is 4. The monoisotopic (exact) mass is 976 g/mol. The van der Waals surface area contributed by atoms with Gasteiger partial charge < -0.3 is 33.3 Å². The Labute approximate surface area is 427 Å². The van der Waals surface area contributed by atoms with Gasteiger partial charge in [0.1, 0.15) is 13.2 Å². The predicted octanol–water partition coefficient (Wildman–Crippen LogP) is 15.8. The molecule has 0 saturated carbocycles. The number of quaternary nitrogens is 1. The van der Waals surface area contributed by atoms with Crippen LogP contribution in [-0.2, 0) is 33.3 Å². The molecule has 2 unspecified atom stereocenters. The summed E-state index contributed by atoms with van der Waals surface area (Å²) in [6.07, 6.45) is 58.2. The van der Waals surface area contributed by atoms with Crippen molar-refractivity contribution in [2.24, 2.45) is 0 Å². The molecule has 0 aromatic heterocycles. The molecule has 0 rings (SSSR count). The van der Waals surface area contributed by atoms with E-state index in [1.807, 2.05) is 21.1 Å². The molecule has 0 amide bonds. The zero-order valence-electron chi connectivity index (χ0n) is 46.2. The number of unbranched alkanes of at least 4 members (excludes halogenated alkanes) is 36. The number of rotatable bonds is 55. The summed E-state index contributed by atoms with van der Waals surface area (Å²) >= 11 is 0. The summed E-state index contributed by atoms with van der Waals surface area (Å²) in [5.41, 5.74) is 0. The Kier molecular flexibility index (Phi) is 50.4. The smallest absolute Gasteiger partial charge is 0.306 e. The average molecular weight is 977 g/mol. The highest BCUT2D eigenvalue weighted by Gasteiger charge is 2.22. The predicted molar refractivity (Wildman–Crippen MR) is 288 cm³/mol. The summed E-state index contributed by atoms with van der Waals surface area (Å²) < 4.78 is 22.7. The minimum absolute atomic E-state index is 0.149. The highest BCUT2D eigenvalue weighted by Crippen LogP contribution is 2.17. The summed E-state index contributed by atoms with van der Waals surface area (Å²) in [4.78, 5) is 37.2. The first-order valence-corrected chi connectivity index (χ1v) is 29.5. The van der Waals surface area contributed by atoms with Gasteiger partial charge in [0.25, 0.3) is 0 Å². The molecule has 0 aromatic carbocycles. The number of nitrogens with zero attached hydrogens (tertiary/aromatic N) is 1. The number of carbonyl (C=O) groups is 3. The summed E-state index contributed by atoms with van der Waals surface area (Å²) in [6.45, 7) is 4.76. The lowest BCUT2D eigenvalue weighted by atomic mass is 10.0. The van der Waals surface area contributed by atoms with Crippen LogP contribution in [0.15, 0.2) is 24.3 Å². The maximum Gasteiger partial charge on any atom is 0.306 e. The number of hydrogen-bond acceptors (Lipinski definition) is 8. The van der Waals surface area contributed by atoms with Crippen LogP contribution in [0.25, 0.3) is 0 Å². The minimum Gasteiger partial charge on any atom is -0.545 e. The zero-order chi connectivity index (χ0) is 50.6. The fourth-order valence-electron chi connectivity index (χ4n) is 8.59. The van der Waals surface area contributed by atoms with E-state index in [1.165, 1.54) is 199 Å². The average Bonchev–Trinajstić information content (AvgIpc) is 3.31. The second-order valence-corrected chi connectivity index (χ2v) is 21.3. The number of carboxylic acids is 1. The van der Waals surface area contributed by atoms with E-state index in [2.05, 4.69) is 38.2 Å². The fourth-order valence-corrected chi connectivity index (χ4v) is 8.59. The number of aliphatic carboxylic acids is 1. The van der Waals surface area contributed by atoms with Gasteiger partial charge in [-0.2, -0.15) is 0 Å². The van der Waals surface area contributed by atoms with E-state index in [4.69, 9.17) is 18.9 Å². The number of carboxylic acid groups (broad SMARTS) is 1. The molecule has 0 bridgehead atoms. The molecule has 2 atom stereocenters. The van der Waals surface area contributed by atoms with Crippen LogP contribution in [0.1, 0.15) is 284 Å². The Balaban J connectivity index is 4.07. The molecule has 0 aromatic rings. The maximum absolute atomic E-state index is 12.8. The number of ether oxygens (including phenoxy) is 4. The maximum atomic E-state index is 12.8. The van der Waals surface area contributed by atoms with E-state index in [-0.39, 0.29) is 38.6 Å². The van der Waals surface area contributed by atoms with Gasteiger partial charge in [-0.1, -0.05) is 231 Å². The Morgan fingerprint density at radius 2 is 0.739 bits per heavy atom. The van der Waals surface area contributed by atoms with Gasteiger partial charge in [0.2, 0.25) is 0 Å². The molecule has 9 heteroatoms. The van der Waals surface area contributed by atoms with Crippen molar-refractivity contribution in [2.45, 2.75) is 296 Å². The Hall–Kier alpha value is -2.23. The Morgan fingerprint density at radius 1 is 0.420 bits per heavy atom. The molecular formula is C60H113NO8. The van der Waals surface area contributed by atoms with Crippen LogP contribution < -0.4 is 5.11 Å².